The van der Waals surface area contributed by atoms with Crippen LogP contribution in [0.1, 0.15) is 41.6 Å². The molecule has 1 atom stereocenters. The Hall–Kier alpha value is -2.94. The second-order valence-electron chi connectivity index (χ2n) is 8.65. The van der Waals surface area contributed by atoms with E-state index in [2.05, 4.69) is 5.10 Å². The van der Waals surface area contributed by atoms with Crippen molar-refractivity contribution in [1.82, 2.24) is 14.7 Å². The maximum Gasteiger partial charge on any atom is 0.223 e. The number of aryl methyl sites for hydroxylation is 2. The molecule has 0 radical (unpaired) electrons. The minimum Gasteiger partial charge on any atom is -0.461 e. The lowest BCUT2D eigenvalue weighted by atomic mass is 10.1. The monoisotopic (exact) mass is 473 g/mol. The second-order valence-corrected chi connectivity index (χ2v) is 10.9. The molecule has 1 fully saturated rings. The SMILES string of the molecule is Cc1nn([C@@H]2CCS(=O)(=O)C2)c(C)c1CN(C)C(=O)CCc1ccc(-c2ccccc2F)o1. The molecule has 1 aliphatic rings. The molecule has 1 saturated heterocycles. The van der Waals surface area contributed by atoms with Crippen LogP contribution < -0.4 is 0 Å². The van der Waals surface area contributed by atoms with Crippen molar-refractivity contribution in [2.75, 3.05) is 18.6 Å². The lowest BCUT2D eigenvalue weighted by Gasteiger charge is -2.18. The molecule has 3 aromatic rings. The molecule has 1 amide bonds. The molecule has 0 saturated carbocycles. The van der Waals surface area contributed by atoms with Gasteiger partial charge in [-0.2, -0.15) is 5.10 Å². The van der Waals surface area contributed by atoms with E-state index in [1.54, 1.807) is 47.0 Å². The summed E-state index contributed by atoms with van der Waals surface area (Å²) in [6.07, 6.45) is 1.24. The topological polar surface area (TPSA) is 85.4 Å². The summed E-state index contributed by atoms with van der Waals surface area (Å²) in [5.41, 5.74) is 3.03. The Morgan fingerprint density at radius 2 is 2.00 bits per heavy atom. The summed E-state index contributed by atoms with van der Waals surface area (Å²) in [4.78, 5) is 14.4. The third-order valence-electron chi connectivity index (χ3n) is 6.24. The Morgan fingerprint density at radius 1 is 1.24 bits per heavy atom. The van der Waals surface area contributed by atoms with Gasteiger partial charge >= 0.3 is 0 Å². The first-order valence-corrected chi connectivity index (χ1v) is 12.8. The highest BCUT2D eigenvalue weighted by Gasteiger charge is 2.31. The van der Waals surface area contributed by atoms with Gasteiger partial charge in [0.15, 0.2) is 9.84 Å². The summed E-state index contributed by atoms with van der Waals surface area (Å²) < 4.78 is 45.2. The Bertz CT molecular complexity index is 1280. The highest BCUT2D eigenvalue weighted by molar-refractivity contribution is 7.91. The van der Waals surface area contributed by atoms with Crippen molar-refractivity contribution in [3.8, 4) is 11.3 Å². The number of nitrogens with zero attached hydrogens (tertiary/aromatic N) is 3. The van der Waals surface area contributed by atoms with E-state index in [1.807, 2.05) is 13.8 Å². The number of sulfone groups is 1. The van der Waals surface area contributed by atoms with Gasteiger partial charge in [-0.1, -0.05) is 12.1 Å². The number of amides is 1. The summed E-state index contributed by atoms with van der Waals surface area (Å²) >= 11 is 0. The van der Waals surface area contributed by atoms with Gasteiger partial charge in [0.1, 0.15) is 17.3 Å². The van der Waals surface area contributed by atoms with Crippen molar-refractivity contribution in [1.29, 1.82) is 0 Å². The van der Waals surface area contributed by atoms with Crippen molar-refractivity contribution in [2.45, 2.75) is 45.7 Å². The van der Waals surface area contributed by atoms with Crippen LogP contribution in [0.5, 0.6) is 0 Å². The molecule has 1 aromatic carbocycles. The number of rotatable bonds is 7. The number of carbonyl (C=O) groups excluding carboxylic acids is 1. The van der Waals surface area contributed by atoms with E-state index in [0.717, 1.165) is 17.0 Å². The van der Waals surface area contributed by atoms with Gasteiger partial charge in [-0.15, -0.1) is 0 Å². The van der Waals surface area contributed by atoms with Crippen molar-refractivity contribution in [3.05, 3.63) is 64.9 Å². The molecular formula is C24H28FN3O4S. The van der Waals surface area contributed by atoms with E-state index in [1.165, 1.54) is 6.07 Å². The van der Waals surface area contributed by atoms with E-state index in [0.29, 0.717) is 36.5 Å². The number of halogens is 1. The molecule has 7 nitrogen and oxygen atoms in total. The average molecular weight is 474 g/mol. The minimum absolute atomic E-state index is 0.0474. The van der Waals surface area contributed by atoms with Crippen LogP contribution in [0.4, 0.5) is 4.39 Å². The molecule has 176 valence electrons. The van der Waals surface area contributed by atoms with E-state index < -0.39 is 9.84 Å². The maximum atomic E-state index is 14.0. The van der Waals surface area contributed by atoms with Crippen LogP contribution in [0.15, 0.2) is 40.8 Å². The van der Waals surface area contributed by atoms with Gasteiger partial charge in [0.25, 0.3) is 0 Å². The zero-order valence-corrected chi connectivity index (χ0v) is 19.9. The van der Waals surface area contributed by atoms with Crippen molar-refractivity contribution >= 4 is 15.7 Å². The Kier molecular flexibility index (Phi) is 6.43. The molecule has 0 bridgehead atoms. The van der Waals surface area contributed by atoms with Gasteiger partial charge in [-0.05, 0) is 44.5 Å². The van der Waals surface area contributed by atoms with E-state index in [9.17, 15) is 17.6 Å². The van der Waals surface area contributed by atoms with Crippen LogP contribution in [0.2, 0.25) is 0 Å². The molecule has 3 heterocycles. The van der Waals surface area contributed by atoms with E-state index >= 15 is 0 Å². The minimum atomic E-state index is -3.01. The van der Waals surface area contributed by atoms with Gasteiger partial charge in [0.2, 0.25) is 5.91 Å². The van der Waals surface area contributed by atoms with Crippen molar-refractivity contribution < 1.29 is 22.0 Å². The van der Waals surface area contributed by atoms with Crippen LogP contribution in [0.25, 0.3) is 11.3 Å². The van der Waals surface area contributed by atoms with Gasteiger partial charge in [-0.25, -0.2) is 12.8 Å². The number of furan rings is 1. The lowest BCUT2D eigenvalue weighted by Crippen LogP contribution is -2.27. The van der Waals surface area contributed by atoms with Crippen LogP contribution in [0, 0.1) is 19.7 Å². The third kappa shape index (κ3) is 5.03. The molecule has 1 aliphatic heterocycles. The first-order chi connectivity index (χ1) is 15.6. The van der Waals surface area contributed by atoms with Gasteiger partial charge in [0.05, 0.1) is 28.8 Å². The largest absolute Gasteiger partial charge is 0.461 e. The van der Waals surface area contributed by atoms with Crippen molar-refractivity contribution in [2.24, 2.45) is 0 Å². The first kappa shape index (κ1) is 23.2. The molecule has 0 unspecified atom stereocenters. The number of benzene rings is 1. The lowest BCUT2D eigenvalue weighted by molar-refractivity contribution is -0.130. The summed E-state index contributed by atoms with van der Waals surface area (Å²) in [7, 11) is -1.27. The third-order valence-corrected chi connectivity index (χ3v) is 7.99. The van der Waals surface area contributed by atoms with Crippen LogP contribution in [0.3, 0.4) is 0 Å². The van der Waals surface area contributed by atoms with E-state index in [4.69, 9.17) is 4.42 Å². The summed E-state index contributed by atoms with van der Waals surface area (Å²) in [6.45, 7) is 4.20. The quantitative estimate of drug-likeness (QED) is 0.520. The van der Waals surface area contributed by atoms with Crippen LogP contribution in [-0.4, -0.2) is 47.6 Å². The normalized spacial score (nSPS) is 17.4. The van der Waals surface area contributed by atoms with Gasteiger partial charge < -0.3 is 9.32 Å². The number of hydrogen-bond acceptors (Lipinski definition) is 5. The number of carbonyl (C=O) groups is 1. The zero-order valence-electron chi connectivity index (χ0n) is 19.0. The fourth-order valence-electron chi connectivity index (χ4n) is 4.31. The summed E-state index contributed by atoms with van der Waals surface area (Å²) in [5.74, 6) is 0.967. The van der Waals surface area contributed by atoms with Crippen LogP contribution in [-0.2, 0) is 27.6 Å². The number of aromatic nitrogens is 2. The molecule has 9 heteroatoms. The predicted molar refractivity (Wildman–Crippen MR) is 123 cm³/mol. The molecule has 0 aliphatic carbocycles. The molecule has 2 aromatic heterocycles. The van der Waals surface area contributed by atoms with E-state index in [-0.39, 0.29) is 35.7 Å². The Balaban J connectivity index is 1.37. The molecule has 4 rings (SSSR count). The number of hydrogen-bond donors (Lipinski definition) is 0. The second kappa shape index (κ2) is 9.13. The summed E-state index contributed by atoms with van der Waals surface area (Å²) in [6, 6.07) is 9.74. The molecular weight excluding hydrogens is 445 g/mol. The van der Waals surface area contributed by atoms with Gasteiger partial charge in [0, 0.05) is 37.7 Å². The molecule has 33 heavy (non-hydrogen) atoms. The standard InChI is InChI=1S/C24H28FN3O4S/c1-16-21(17(2)28(26-16)18-12-13-33(30,31)15-18)14-27(3)24(29)11-9-19-8-10-23(32-19)20-6-4-5-7-22(20)25/h4-8,10,18H,9,11-15H2,1-3H3/t18-/m1/s1. The van der Waals surface area contributed by atoms with Gasteiger partial charge in [-0.3, -0.25) is 9.48 Å². The molecule has 0 N–H and O–H groups in total. The average Bonchev–Trinajstić information content (AvgIpc) is 3.46. The Morgan fingerprint density at radius 3 is 2.70 bits per heavy atom. The van der Waals surface area contributed by atoms with Crippen LogP contribution >= 0.6 is 0 Å². The highest BCUT2D eigenvalue weighted by Crippen LogP contribution is 2.28. The summed E-state index contributed by atoms with van der Waals surface area (Å²) in [5, 5.41) is 4.57. The first-order valence-electron chi connectivity index (χ1n) is 11.0. The fraction of sp³-hybridized carbons (Fsp3) is 0.417. The van der Waals surface area contributed by atoms with Crippen molar-refractivity contribution in [3.63, 3.8) is 0 Å². The zero-order chi connectivity index (χ0) is 23.8. The smallest absolute Gasteiger partial charge is 0.223 e. The highest BCUT2D eigenvalue weighted by atomic mass is 32.2. The predicted octanol–water partition coefficient (Wildman–Crippen LogP) is 3.85. The Labute approximate surface area is 193 Å². The fourth-order valence-corrected chi connectivity index (χ4v) is 6.01. The maximum absolute atomic E-state index is 14.0. The molecule has 0 spiro atoms.